The summed E-state index contributed by atoms with van der Waals surface area (Å²) < 4.78 is 51.3. The van der Waals surface area contributed by atoms with Crippen LogP contribution in [0.3, 0.4) is 0 Å². The summed E-state index contributed by atoms with van der Waals surface area (Å²) in [6.07, 6.45) is -4.86. The smallest absolute Gasteiger partial charge is 0.396 e. The van der Waals surface area contributed by atoms with Crippen molar-refractivity contribution in [2.24, 2.45) is 5.92 Å². The van der Waals surface area contributed by atoms with Crippen LogP contribution in [0, 0.1) is 11.7 Å². The topological polar surface area (TPSA) is 49.3 Å². The minimum atomic E-state index is -4.86. The first-order valence-corrected chi connectivity index (χ1v) is 5.96. The Labute approximate surface area is 113 Å². The Kier molecular flexibility index (Phi) is 5.10. The van der Waals surface area contributed by atoms with Crippen LogP contribution in [0.1, 0.15) is 29.8 Å². The highest BCUT2D eigenvalue weighted by Gasteiger charge is 2.35. The van der Waals surface area contributed by atoms with E-state index >= 15 is 0 Å². The molecule has 2 N–H and O–H groups in total. The number of nitrogens with one attached hydrogen (secondary N) is 1. The first-order valence-electron chi connectivity index (χ1n) is 5.96. The third-order valence-electron chi connectivity index (χ3n) is 3.05. The van der Waals surface area contributed by atoms with Crippen LogP contribution in [-0.4, -0.2) is 23.7 Å². The average Bonchev–Trinajstić information content (AvgIpc) is 2.36. The lowest BCUT2D eigenvalue weighted by Crippen LogP contribution is -2.38. The molecule has 1 aromatic rings. The fourth-order valence-electron chi connectivity index (χ4n) is 1.51. The number of rotatable bonds is 4. The van der Waals surface area contributed by atoms with E-state index in [1.807, 2.05) is 0 Å². The summed E-state index contributed by atoms with van der Waals surface area (Å²) in [5, 5.41) is 11.3. The average molecular weight is 293 g/mol. The molecule has 1 aromatic carbocycles. The van der Waals surface area contributed by atoms with Crippen LogP contribution >= 0.6 is 0 Å². The molecule has 0 aliphatic rings. The molecule has 0 aromatic heterocycles. The molecular formula is C13H15F4NO2. The minimum absolute atomic E-state index is 0.202. The molecule has 20 heavy (non-hydrogen) atoms. The van der Waals surface area contributed by atoms with E-state index in [4.69, 9.17) is 5.11 Å². The van der Waals surface area contributed by atoms with Gasteiger partial charge in [0, 0.05) is 12.6 Å². The second-order valence-electron chi connectivity index (χ2n) is 4.59. The number of aliphatic hydroxyl groups excluding tert-OH is 1. The minimum Gasteiger partial charge on any atom is -0.396 e. The summed E-state index contributed by atoms with van der Waals surface area (Å²) in [5.74, 6) is -2.84. The maximum absolute atomic E-state index is 13.7. The van der Waals surface area contributed by atoms with Crippen LogP contribution < -0.4 is 5.32 Å². The van der Waals surface area contributed by atoms with E-state index in [1.165, 1.54) is 0 Å². The standard InChI is InChI=1S/C13H15F4NO2/c1-7(6-19)8(2)18-12(20)9-4-3-5-10(11(9)14)13(15,16)17/h3-5,7-8,19H,6H2,1-2H3,(H,18,20). The first-order chi connectivity index (χ1) is 9.18. The van der Waals surface area contributed by atoms with Gasteiger partial charge in [-0.05, 0) is 25.0 Å². The van der Waals surface area contributed by atoms with E-state index in [9.17, 15) is 22.4 Å². The molecule has 0 aliphatic heterocycles. The molecule has 3 nitrogen and oxygen atoms in total. The van der Waals surface area contributed by atoms with Crippen LogP contribution in [0.2, 0.25) is 0 Å². The first kappa shape index (κ1) is 16.4. The van der Waals surface area contributed by atoms with Gasteiger partial charge in [-0.3, -0.25) is 4.79 Å². The number of halogens is 4. The molecule has 1 rings (SSSR count). The van der Waals surface area contributed by atoms with E-state index in [-0.39, 0.29) is 12.5 Å². The molecule has 112 valence electrons. The second kappa shape index (κ2) is 6.21. The fourth-order valence-corrected chi connectivity index (χ4v) is 1.51. The van der Waals surface area contributed by atoms with Gasteiger partial charge in [-0.15, -0.1) is 0 Å². The van der Waals surface area contributed by atoms with Gasteiger partial charge in [-0.2, -0.15) is 13.2 Å². The van der Waals surface area contributed by atoms with Crippen LogP contribution in [0.25, 0.3) is 0 Å². The van der Waals surface area contributed by atoms with E-state index in [1.54, 1.807) is 13.8 Å². The van der Waals surface area contributed by atoms with E-state index in [2.05, 4.69) is 5.32 Å². The van der Waals surface area contributed by atoms with Crippen LogP contribution in [0.15, 0.2) is 18.2 Å². The number of aliphatic hydroxyl groups is 1. The predicted molar refractivity (Wildman–Crippen MR) is 64.6 cm³/mol. The maximum Gasteiger partial charge on any atom is 0.419 e. The van der Waals surface area contributed by atoms with Crippen molar-refractivity contribution in [3.63, 3.8) is 0 Å². The van der Waals surface area contributed by atoms with Gasteiger partial charge in [-0.25, -0.2) is 4.39 Å². The lowest BCUT2D eigenvalue weighted by Gasteiger charge is -2.19. The number of alkyl halides is 3. The molecule has 0 aliphatic carbocycles. The maximum atomic E-state index is 13.7. The van der Waals surface area contributed by atoms with E-state index in [0.717, 1.165) is 12.1 Å². The Morgan fingerprint density at radius 1 is 1.35 bits per heavy atom. The quantitative estimate of drug-likeness (QED) is 0.838. The molecule has 0 fully saturated rings. The molecule has 0 bridgehead atoms. The highest BCUT2D eigenvalue weighted by Crippen LogP contribution is 2.32. The lowest BCUT2D eigenvalue weighted by molar-refractivity contribution is -0.140. The van der Waals surface area contributed by atoms with Gasteiger partial charge in [0.2, 0.25) is 0 Å². The molecule has 1 amide bonds. The Morgan fingerprint density at radius 3 is 2.45 bits per heavy atom. The zero-order chi connectivity index (χ0) is 15.5. The number of hydrogen-bond acceptors (Lipinski definition) is 2. The summed E-state index contributed by atoms with van der Waals surface area (Å²) in [5.41, 5.74) is -2.15. The lowest BCUT2D eigenvalue weighted by atomic mass is 10.0. The van der Waals surface area contributed by atoms with Gasteiger partial charge < -0.3 is 10.4 Å². The summed E-state index contributed by atoms with van der Waals surface area (Å²) in [6.45, 7) is 3.02. The van der Waals surface area contributed by atoms with Gasteiger partial charge in [0.05, 0.1) is 11.1 Å². The number of carbonyl (C=O) groups is 1. The molecule has 2 unspecified atom stereocenters. The normalized spacial score (nSPS) is 14.8. The van der Waals surface area contributed by atoms with Crippen molar-refractivity contribution in [3.8, 4) is 0 Å². The molecule has 2 atom stereocenters. The third-order valence-corrected chi connectivity index (χ3v) is 3.05. The summed E-state index contributed by atoms with van der Waals surface area (Å²) in [6, 6.07) is 2.03. The molecule has 0 heterocycles. The number of benzene rings is 1. The highest BCUT2D eigenvalue weighted by molar-refractivity contribution is 5.94. The zero-order valence-electron chi connectivity index (χ0n) is 11.0. The molecule has 7 heteroatoms. The monoisotopic (exact) mass is 293 g/mol. The molecule has 0 saturated carbocycles. The van der Waals surface area contributed by atoms with Crippen LogP contribution in [-0.2, 0) is 6.18 Å². The van der Waals surface area contributed by atoms with Gasteiger partial charge in [0.15, 0.2) is 0 Å². The van der Waals surface area contributed by atoms with Crippen molar-refractivity contribution < 1.29 is 27.5 Å². The Morgan fingerprint density at radius 2 is 1.95 bits per heavy atom. The molecule has 0 radical (unpaired) electrons. The third kappa shape index (κ3) is 3.69. The van der Waals surface area contributed by atoms with Crippen molar-refractivity contribution in [1.29, 1.82) is 0 Å². The number of hydrogen-bond donors (Lipinski definition) is 2. The van der Waals surface area contributed by atoms with Crippen molar-refractivity contribution in [2.45, 2.75) is 26.1 Å². The molecule has 0 saturated heterocycles. The van der Waals surface area contributed by atoms with E-state index in [0.29, 0.717) is 6.07 Å². The van der Waals surface area contributed by atoms with Crippen LogP contribution in [0.4, 0.5) is 17.6 Å². The van der Waals surface area contributed by atoms with Gasteiger partial charge in [-0.1, -0.05) is 13.0 Å². The Bertz CT molecular complexity index is 488. The largest absolute Gasteiger partial charge is 0.419 e. The summed E-state index contributed by atoms with van der Waals surface area (Å²) in [4.78, 5) is 11.8. The molecular weight excluding hydrogens is 278 g/mol. The van der Waals surface area contributed by atoms with Gasteiger partial charge in [0.25, 0.3) is 5.91 Å². The summed E-state index contributed by atoms with van der Waals surface area (Å²) >= 11 is 0. The summed E-state index contributed by atoms with van der Waals surface area (Å²) in [7, 11) is 0. The zero-order valence-corrected chi connectivity index (χ0v) is 11.0. The van der Waals surface area contributed by atoms with Crippen LogP contribution in [0.5, 0.6) is 0 Å². The predicted octanol–water partition coefficient (Wildman–Crippen LogP) is 2.59. The van der Waals surface area contributed by atoms with Gasteiger partial charge >= 0.3 is 6.18 Å². The Hall–Kier alpha value is -1.63. The SMILES string of the molecule is CC(CO)C(C)NC(=O)c1cccc(C(F)(F)F)c1F. The highest BCUT2D eigenvalue weighted by atomic mass is 19.4. The van der Waals surface area contributed by atoms with Crippen molar-refractivity contribution in [3.05, 3.63) is 35.1 Å². The molecule has 0 spiro atoms. The number of carbonyl (C=O) groups excluding carboxylic acids is 1. The Balaban J connectivity index is 3.01. The van der Waals surface area contributed by atoms with Crippen molar-refractivity contribution in [2.75, 3.05) is 6.61 Å². The fraction of sp³-hybridized carbons (Fsp3) is 0.462. The van der Waals surface area contributed by atoms with Gasteiger partial charge in [0.1, 0.15) is 5.82 Å². The second-order valence-corrected chi connectivity index (χ2v) is 4.59. The van der Waals surface area contributed by atoms with E-state index < -0.39 is 35.1 Å². The number of amides is 1. The van der Waals surface area contributed by atoms with Crippen molar-refractivity contribution >= 4 is 5.91 Å². The van der Waals surface area contributed by atoms with Crippen molar-refractivity contribution in [1.82, 2.24) is 5.32 Å².